The van der Waals surface area contributed by atoms with Crippen LogP contribution in [0.1, 0.15) is 53.4 Å². The normalized spacial score (nSPS) is 33.1. The minimum atomic E-state index is -0.0202. The average Bonchev–Trinajstić information content (AvgIpc) is 2.76. The third-order valence-electron chi connectivity index (χ3n) is 4.45. The van der Waals surface area contributed by atoms with Crippen LogP contribution in [0.2, 0.25) is 0 Å². The van der Waals surface area contributed by atoms with Gasteiger partial charge in [-0.3, -0.25) is 4.79 Å². The molecule has 2 aliphatic carbocycles. The molecule has 2 nitrogen and oxygen atoms in total. The first-order chi connectivity index (χ1) is 7.43. The summed E-state index contributed by atoms with van der Waals surface area (Å²) in [6.07, 6.45) is 5.15. The third-order valence-corrected chi connectivity index (χ3v) is 4.45. The fourth-order valence-electron chi connectivity index (χ4n) is 3.71. The van der Waals surface area contributed by atoms with Gasteiger partial charge in [0.2, 0.25) is 5.91 Å². The molecule has 0 heterocycles. The average molecular weight is 223 g/mol. The zero-order valence-electron chi connectivity index (χ0n) is 11.1. The van der Waals surface area contributed by atoms with Crippen molar-refractivity contribution in [3.05, 3.63) is 0 Å². The Bertz CT molecular complexity index is 279. The van der Waals surface area contributed by atoms with Gasteiger partial charge < -0.3 is 4.90 Å². The van der Waals surface area contributed by atoms with Gasteiger partial charge in [0.25, 0.3) is 0 Å². The Kier molecular flexibility index (Phi) is 3.02. The summed E-state index contributed by atoms with van der Waals surface area (Å²) in [7, 11) is 0. The van der Waals surface area contributed by atoms with Gasteiger partial charge in [0.05, 0.1) is 0 Å². The van der Waals surface area contributed by atoms with Crippen molar-refractivity contribution in [1.29, 1.82) is 0 Å². The first-order valence-corrected chi connectivity index (χ1v) is 6.75. The summed E-state index contributed by atoms with van der Waals surface area (Å²) < 4.78 is 0. The molecule has 0 aromatic heterocycles. The third kappa shape index (κ3) is 1.99. The van der Waals surface area contributed by atoms with E-state index in [4.69, 9.17) is 0 Å². The zero-order valence-corrected chi connectivity index (χ0v) is 11.1. The van der Waals surface area contributed by atoms with Gasteiger partial charge in [0, 0.05) is 18.0 Å². The van der Waals surface area contributed by atoms with E-state index in [0.717, 1.165) is 18.9 Å². The van der Waals surface area contributed by atoms with Crippen LogP contribution >= 0.6 is 0 Å². The zero-order chi connectivity index (χ0) is 11.9. The maximum Gasteiger partial charge on any atom is 0.226 e. The molecule has 2 heteroatoms. The molecule has 2 saturated carbocycles. The second-order valence-electron chi connectivity index (χ2n) is 6.53. The van der Waals surface area contributed by atoms with E-state index in [2.05, 4.69) is 32.6 Å². The molecule has 1 amide bonds. The molecule has 2 rings (SSSR count). The quantitative estimate of drug-likeness (QED) is 0.704. The van der Waals surface area contributed by atoms with Crippen molar-refractivity contribution >= 4 is 5.91 Å². The highest BCUT2D eigenvalue weighted by Crippen LogP contribution is 2.49. The topological polar surface area (TPSA) is 20.3 Å². The molecular formula is C14H25NO. The first kappa shape index (κ1) is 11.9. The number of carbonyl (C=O) groups excluding carboxylic acids is 1. The number of nitrogens with zero attached hydrogens (tertiary/aromatic N) is 1. The number of fused-ring (bicyclic) bond motifs is 2. The van der Waals surface area contributed by atoms with Crippen LogP contribution in [-0.2, 0) is 4.79 Å². The van der Waals surface area contributed by atoms with Crippen molar-refractivity contribution in [2.75, 3.05) is 6.54 Å². The molecule has 2 fully saturated rings. The summed E-state index contributed by atoms with van der Waals surface area (Å²) >= 11 is 0. The van der Waals surface area contributed by atoms with Crippen LogP contribution in [0.3, 0.4) is 0 Å². The van der Waals surface area contributed by atoms with Crippen molar-refractivity contribution in [2.45, 2.75) is 58.9 Å². The fourth-order valence-corrected chi connectivity index (χ4v) is 3.71. The van der Waals surface area contributed by atoms with E-state index < -0.39 is 0 Å². The summed E-state index contributed by atoms with van der Waals surface area (Å²) in [6.45, 7) is 9.36. The predicted octanol–water partition coefficient (Wildman–Crippen LogP) is 3.07. The Morgan fingerprint density at radius 2 is 1.94 bits per heavy atom. The highest BCUT2D eigenvalue weighted by molar-refractivity contribution is 5.80. The Hall–Kier alpha value is -0.530. The number of hydrogen-bond donors (Lipinski definition) is 0. The van der Waals surface area contributed by atoms with Crippen LogP contribution in [0.5, 0.6) is 0 Å². The minimum Gasteiger partial charge on any atom is -0.338 e. The molecule has 0 N–H and O–H groups in total. The number of carbonyl (C=O) groups is 1. The van der Waals surface area contributed by atoms with E-state index >= 15 is 0 Å². The molecule has 2 bridgehead atoms. The second-order valence-corrected chi connectivity index (χ2v) is 6.53. The number of amides is 1. The van der Waals surface area contributed by atoms with Crippen LogP contribution in [0.25, 0.3) is 0 Å². The molecule has 3 unspecified atom stereocenters. The van der Waals surface area contributed by atoms with Gasteiger partial charge in [0.1, 0.15) is 0 Å². The van der Waals surface area contributed by atoms with Crippen molar-refractivity contribution in [2.24, 2.45) is 17.8 Å². The van der Waals surface area contributed by atoms with Gasteiger partial charge in [-0.25, -0.2) is 0 Å². The fraction of sp³-hybridized carbons (Fsp3) is 0.929. The van der Waals surface area contributed by atoms with Gasteiger partial charge in [0.15, 0.2) is 0 Å². The first-order valence-electron chi connectivity index (χ1n) is 6.75. The molecule has 0 aromatic rings. The maximum absolute atomic E-state index is 12.5. The standard InChI is InChI=1S/C14H25NO/c1-5-15(14(2,3)4)13(16)12-9-10-6-7-11(12)8-10/h10-12H,5-9H2,1-4H3. The van der Waals surface area contributed by atoms with Crippen molar-refractivity contribution < 1.29 is 4.79 Å². The van der Waals surface area contributed by atoms with E-state index in [1.165, 1.54) is 19.3 Å². The molecule has 0 saturated heterocycles. The summed E-state index contributed by atoms with van der Waals surface area (Å²) in [6, 6.07) is 0. The predicted molar refractivity (Wildman–Crippen MR) is 66.1 cm³/mol. The molecule has 2 aliphatic rings. The van der Waals surface area contributed by atoms with Crippen molar-refractivity contribution in [1.82, 2.24) is 4.90 Å². The maximum atomic E-state index is 12.5. The molecule has 0 aromatic carbocycles. The van der Waals surface area contributed by atoms with Gasteiger partial charge in [-0.2, -0.15) is 0 Å². The van der Waals surface area contributed by atoms with Crippen LogP contribution in [0, 0.1) is 17.8 Å². The second kappa shape index (κ2) is 4.05. The van der Waals surface area contributed by atoms with E-state index in [1.54, 1.807) is 0 Å². The lowest BCUT2D eigenvalue weighted by Crippen LogP contribution is -2.49. The van der Waals surface area contributed by atoms with Crippen LogP contribution < -0.4 is 0 Å². The largest absolute Gasteiger partial charge is 0.338 e. The Balaban J connectivity index is 2.07. The lowest BCUT2D eigenvalue weighted by Gasteiger charge is -2.38. The molecule has 0 radical (unpaired) electrons. The molecule has 0 spiro atoms. The summed E-state index contributed by atoms with van der Waals surface area (Å²) in [5, 5.41) is 0. The molecule has 0 aliphatic heterocycles. The van der Waals surface area contributed by atoms with Crippen LogP contribution in [0.4, 0.5) is 0 Å². The van der Waals surface area contributed by atoms with E-state index in [-0.39, 0.29) is 5.54 Å². The lowest BCUT2D eigenvalue weighted by atomic mass is 9.86. The minimum absolute atomic E-state index is 0.0202. The Labute approximate surface area is 99.4 Å². The van der Waals surface area contributed by atoms with Crippen LogP contribution in [0.15, 0.2) is 0 Å². The van der Waals surface area contributed by atoms with Gasteiger partial charge >= 0.3 is 0 Å². The van der Waals surface area contributed by atoms with Crippen LogP contribution in [-0.4, -0.2) is 22.9 Å². The lowest BCUT2D eigenvalue weighted by molar-refractivity contribution is -0.141. The van der Waals surface area contributed by atoms with Gasteiger partial charge in [-0.15, -0.1) is 0 Å². The Morgan fingerprint density at radius 3 is 2.31 bits per heavy atom. The van der Waals surface area contributed by atoms with E-state index in [1.807, 2.05) is 0 Å². The van der Waals surface area contributed by atoms with E-state index in [9.17, 15) is 4.79 Å². The molecule has 16 heavy (non-hydrogen) atoms. The molecule has 92 valence electrons. The highest BCUT2D eigenvalue weighted by atomic mass is 16.2. The van der Waals surface area contributed by atoms with E-state index in [0.29, 0.717) is 17.7 Å². The van der Waals surface area contributed by atoms with Gasteiger partial charge in [-0.05, 0) is 58.8 Å². The smallest absolute Gasteiger partial charge is 0.226 e. The Morgan fingerprint density at radius 1 is 1.25 bits per heavy atom. The number of hydrogen-bond acceptors (Lipinski definition) is 1. The monoisotopic (exact) mass is 223 g/mol. The summed E-state index contributed by atoms with van der Waals surface area (Å²) in [5.41, 5.74) is -0.0202. The molecule has 3 atom stereocenters. The SMILES string of the molecule is CCN(C(=O)C1CC2CCC1C2)C(C)(C)C. The van der Waals surface area contributed by atoms with Gasteiger partial charge in [-0.1, -0.05) is 6.42 Å². The summed E-state index contributed by atoms with van der Waals surface area (Å²) in [4.78, 5) is 14.6. The molecular weight excluding hydrogens is 198 g/mol. The summed E-state index contributed by atoms with van der Waals surface area (Å²) in [5.74, 6) is 2.33. The number of rotatable bonds is 2. The highest BCUT2D eigenvalue weighted by Gasteiger charge is 2.45. The van der Waals surface area contributed by atoms with Crippen molar-refractivity contribution in [3.8, 4) is 0 Å². The van der Waals surface area contributed by atoms with Crippen molar-refractivity contribution in [3.63, 3.8) is 0 Å².